The third-order valence-electron chi connectivity index (χ3n) is 5.76. The summed E-state index contributed by atoms with van der Waals surface area (Å²) < 4.78 is 7.30. The summed E-state index contributed by atoms with van der Waals surface area (Å²) in [5, 5.41) is 11.6. The predicted molar refractivity (Wildman–Crippen MR) is 135 cm³/mol. The van der Waals surface area contributed by atoms with Crippen molar-refractivity contribution in [2.45, 2.75) is 0 Å². The molecule has 7 nitrogen and oxygen atoms in total. The summed E-state index contributed by atoms with van der Waals surface area (Å²) in [6.07, 6.45) is 5.85. The first-order valence-corrected chi connectivity index (χ1v) is 10.7. The van der Waals surface area contributed by atoms with Crippen LogP contribution < -0.4 is 10.2 Å². The van der Waals surface area contributed by atoms with Gasteiger partial charge in [0.2, 0.25) is 0 Å². The third kappa shape index (κ3) is 4.79. The van der Waals surface area contributed by atoms with Gasteiger partial charge in [-0.25, -0.2) is 0 Å². The van der Waals surface area contributed by atoms with E-state index in [1.54, 1.807) is 0 Å². The largest absolute Gasteiger partial charge is 0.378 e. The van der Waals surface area contributed by atoms with Gasteiger partial charge in [-0.05, 0) is 42.5 Å². The molecule has 2 aromatic carbocycles. The summed E-state index contributed by atoms with van der Waals surface area (Å²) in [7, 11) is 1.86. The first kappa shape index (κ1) is 22.6. The number of nitrogens with zero attached hydrogens (tertiary/aromatic N) is 3. The van der Waals surface area contributed by atoms with Crippen molar-refractivity contribution in [1.29, 1.82) is 0 Å². The average molecular weight is 464 g/mol. The van der Waals surface area contributed by atoms with Crippen molar-refractivity contribution in [3.63, 3.8) is 0 Å². The van der Waals surface area contributed by atoms with Gasteiger partial charge in [-0.3, -0.25) is 9.89 Å². The van der Waals surface area contributed by atoms with Crippen molar-refractivity contribution in [3.05, 3.63) is 77.7 Å². The smallest absolute Gasteiger partial charge is 0.272 e. The van der Waals surface area contributed by atoms with Crippen LogP contribution in [0, 0.1) is 0 Å². The number of rotatable bonds is 5. The van der Waals surface area contributed by atoms with E-state index >= 15 is 0 Å². The van der Waals surface area contributed by atoms with Crippen molar-refractivity contribution in [2.24, 2.45) is 7.05 Å². The minimum Gasteiger partial charge on any atom is -0.378 e. The highest BCUT2D eigenvalue weighted by molar-refractivity contribution is 6.04. The number of morpholine rings is 1. The van der Waals surface area contributed by atoms with Gasteiger partial charge in [0, 0.05) is 48.7 Å². The van der Waals surface area contributed by atoms with Crippen LogP contribution in [0.4, 0.5) is 11.4 Å². The second kappa shape index (κ2) is 9.94. The third-order valence-corrected chi connectivity index (χ3v) is 5.76. The van der Waals surface area contributed by atoms with Gasteiger partial charge in [0.05, 0.1) is 24.4 Å². The van der Waals surface area contributed by atoms with Crippen molar-refractivity contribution >= 4 is 52.7 Å². The van der Waals surface area contributed by atoms with Gasteiger partial charge < -0.3 is 19.5 Å². The van der Waals surface area contributed by atoms with E-state index in [0.717, 1.165) is 59.8 Å². The Hall–Kier alpha value is -3.55. The average Bonchev–Trinajstić information content (AvgIpc) is 3.45. The van der Waals surface area contributed by atoms with E-state index in [2.05, 4.69) is 26.5 Å². The molecule has 0 unspecified atom stereocenters. The molecule has 0 atom stereocenters. The summed E-state index contributed by atoms with van der Waals surface area (Å²) in [5.41, 5.74) is 5.24. The molecule has 33 heavy (non-hydrogen) atoms. The van der Waals surface area contributed by atoms with E-state index in [0.29, 0.717) is 5.69 Å². The zero-order chi connectivity index (χ0) is 21.9. The summed E-state index contributed by atoms with van der Waals surface area (Å²) >= 11 is 0. The summed E-state index contributed by atoms with van der Waals surface area (Å²) in [6.45, 7) is 3.14. The number of aromatic nitrogens is 3. The number of carbonyl (C=O) groups excluding carboxylic acids is 1. The Kier molecular flexibility index (Phi) is 6.82. The molecule has 5 rings (SSSR count). The van der Waals surface area contributed by atoms with Gasteiger partial charge in [-0.1, -0.05) is 24.3 Å². The van der Waals surface area contributed by atoms with Crippen LogP contribution in [0.15, 0.2) is 60.8 Å². The fourth-order valence-electron chi connectivity index (χ4n) is 3.98. The molecule has 0 bridgehead atoms. The Bertz CT molecular complexity index is 1290. The first-order valence-electron chi connectivity index (χ1n) is 10.7. The van der Waals surface area contributed by atoms with Crippen LogP contribution in [0.25, 0.3) is 23.1 Å². The maximum absolute atomic E-state index is 12.8. The highest BCUT2D eigenvalue weighted by Crippen LogP contribution is 2.27. The van der Waals surface area contributed by atoms with E-state index in [4.69, 9.17) is 4.74 Å². The summed E-state index contributed by atoms with van der Waals surface area (Å²) in [5.74, 6) is -0.142. The van der Waals surface area contributed by atoms with Crippen LogP contribution in [0.2, 0.25) is 0 Å². The Morgan fingerprint density at radius 1 is 1.09 bits per heavy atom. The highest BCUT2D eigenvalue weighted by atomic mass is 35.5. The van der Waals surface area contributed by atoms with Crippen LogP contribution in [0.3, 0.4) is 0 Å². The molecule has 1 aliphatic heterocycles. The van der Waals surface area contributed by atoms with Gasteiger partial charge in [0.25, 0.3) is 5.91 Å². The summed E-state index contributed by atoms with van der Waals surface area (Å²) in [4.78, 5) is 15.1. The quantitative estimate of drug-likeness (QED) is 0.454. The summed E-state index contributed by atoms with van der Waals surface area (Å²) in [6, 6.07) is 17.8. The fraction of sp³-hybridized carbons (Fsp3) is 0.200. The van der Waals surface area contributed by atoms with E-state index in [1.807, 2.05) is 78.5 Å². The van der Waals surface area contributed by atoms with Gasteiger partial charge >= 0.3 is 0 Å². The first-order chi connectivity index (χ1) is 15.7. The lowest BCUT2D eigenvalue weighted by molar-refractivity contribution is 0.101. The molecule has 1 aliphatic rings. The van der Waals surface area contributed by atoms with Gasteiger partial charge in [-0.15, -0.1) is 12.4 Å². The molecule has 1 fully saturated rings. The molecular weight excluding hydrogens is 438 g/mol. The van der Waals surface area contributed by atoms with Crippen LogP contribution in [0.1, 0.15) is 21.7 Å². The molecule has 170 valence electrons. The number of hydrogen-bond donors (Lipinski definition) is 2. The molecule has 3 heterocycles. The normalized spacial score (nSPS) is 13.9. The number of fused-ring (bicyclic) bond motifs is 1. The maximum Gasteiger partial charge on any atom is 0.272 e. The lowest BCUT2D eigenvalue weighted by Crippen LogP contribution is -2.36. The molecule has 2 aromatic heterocycles. The fourth-order valence-corrected chi connectivity index (χ4v) is 3.98. The number of aryl methyl sites for hydroxylation is 1. The zero-order valence-corrected chi connectivity index (χ0v) is 19.1. The lowest BCUT2D eigenvalue weighted by Gasteiger charge is -2.29. The number of aromatic amines is 1. The predicted octanol–water partition coefficient (Wildman–Crippen LogP) is 4.58. The van der Waals surface area contributed by atoms with Gasteiger partial charge in [0.15, 0.2) is 0 Å². The van der Waals surface area contributed by atoms with E-state index < -0.39 is 0 Å². The SMILES string of the molecule is Cl.Cn1cccc1C(=O)Nc1ccc(N2CCOCC2)cc1/C=C/c1n[nH]c2ccccc12. The molecule has 1 amide bonds. The zero-order valence-electron chi connectivity index (χ0n) is 18.3. The molecule has 0 aliphatic carbocycles. The Labute approximate surface area is 198 Å². The number of anilines is 2. The second-order valence-electron chi connectivity index (χ2n) is 7.82. The number of carbonyl (C=O) groups is 1. The van der Waals surface area contributed by atoms with Crippen LogP contribution >= 0.6 is 12.4 Å². The van der Waals surface area contributed by atoms with Crippen molar-refractivity contribution in [2.75, 3.05) is 36.5 Å². The Balaban J connectivity index is 0.00000259. The standard InChI is InChI=1S/C25H25N5O2.ClH/c1-29-12-4-7-24(29)25(31)26-21-11-9-19(30-13-15-32-16-14-30)17-18(21)8-10-23-20-5-2-3-6-22(20)27-28-23;/h2-12,17H,13-16H2,1H3,(H,26,31)(H,27,28);1H/b10-8+;. The lowest BCUT2D eigenvalue weighted by atomic mass is 10.1. The molecule has 8 heteroatoms. The van der Waals surface area contributed by atoms with Crippen molar-refractivity contribution in [1.82, 2.24) is 14.8 Å². The topological polar surface area (TPSA) is 75.2 Å². The molecular formula is C25H26ClN5O2. The van der Waals surface area contributed by atoms with Crippen LogP contribution in [0.5, 0.6) is 0 Å². The number of para-hydroxylation sites is 1. The minimum atomic E-state index is -0.142. The molecule has 1 saturated heterocycles. The number of benzene rings is 2. The molecule has 0 radical (unpaired) electrons. The molecule has 4 aromatic rings. The van der Waals surface area contributed by atoms with Crippen molar-refractivity contribution in [3.8, 4) is 0 Å². The van der Waals surface area contributed by atoms with Gasteiger partial charge in [0.1, 0.15) is 5.69 Å². The number of nitrogens with one attached hydrogen (secondary N) is 2. The second-order valence-corrected chi connectivity index (χ2v) is 7.82. The van der Waals surface area contributed by atoms with E-state index in [-0.39, 0.29) is 18.3 Å². The molecule has 2 N–H and O–H groups in total. The molecule has 0 saturated carbocycles. The highest BCUT2D eigenvalue weighted by Gasteiger charge is 2.15. The monoisotopic (exact) mass is 463 g/mol. The number of amides is 1. The van der Waals surface area contributed by atoms with E-state index in [9.17, 15) is 4.79 Å². The number of H-pyrrole nitrogens is 1. The van der Waals surface area contributed by atoms with Crippen molar-refractivity contribution < 1.29 is 9.53 Å². The number of ether oxygens (including phenoxy) is 1. The van der Waals surface area contributed by atoms with Gasteiger partial charge in [-0.2, -0.15) is 5.10 Å². The van der Waals surface area contributed by atoms with E-state index in [1.165, 1.54) is 0 Å². The minimum absolute atomic E-state index is 0. The van der Waals surface area contributed by atoms with Crippen LogP contribution in [-0.2, 0) is 11.8 Å². The number of hydrogen-bond acceptors (Lipinski definition) is 4. The number of halogens is 1. The van der Waals surface area contributed by atoms with Crippen LogP contribution in [-0.4, -0.2) is 47.0 Å². The Morgan fingerprint density at radius 3 is 2.70 bits per heavy atom. The molecule has 0 spiro atoms. The Morgan fingerprint density at radius 2 is 1.91 bits per heavy atom. The maximum atomic E-state index is 12.8.